The van der Waals surface area contributed by atoms with Gasteiger partial charge in [0, 0.05) is 25.7 Å². The number of carbonyl (C=O) groups is 8. The number of nitrogens with zero attached hydrogens (tertiary/aromatic N) is 2. The molecular weight excluding hydrogens is 432 g/mol. The molecule has 0 aromatic rings. The Morgan fingerprint density at radius 3 is 1.19 bits per heavy atom. The van der Waals surface area contributed by atoms with Crippen LogP contribution in [0.4, 0.5) is 4.79 Å². The highest BCUT2D eigenvalue weighted by Crippen LogP contribution is 2.21. The van der Waals surface area contributed by atoms with Crippen LogP contribution < -0.4 is 0 Å². The standard InChI is InChI=1S/C14H14N2O11.CH2O3/c17-7-1-2-8(18)15(7)26-11(21)5-14(25,13(23)24)6-12(22)27-16-9(19)3-4-10(16)20;2-1(3)4/h25H,1-6H2,(H,23,24);(H2,2,3,4). The lowest BCUT2D eigenvalue weighted by atomic mass is 9.96. The Bertz CT molecular complexity index is 746. The van der Waals surface area contributed by atoms with Gasteiger partial charge >= 0.3 is 24.1 Å². The average molecular weight is 448 g/mol. The van der Waals surface area contributed by atoms with Crippen LogP contribution in [-0.2, 0) is 43.2 Å². The van der Waals surface area contributed by atoms with E-state index in [0.717, 1.165) is 0 Å². The van der Waals surface area contributed by atoms with Crippen LogP contribution in [0.25, 0.3) is 0 Å². The molecule has 2 saturated heterocycles. The van der Waals surface area contributed by atoms with Crippen molar-refractivity contribution in [3.63, 3.8) is 0 Å². The summed E-state index contributed by atoms with van der Waals surface area (Å²) in [5.41, 5.74) is -3.02. The molecular formula is C15H16N2O14. The van der Waals surface area contributed by atoms with Gasteiger partial charge in [0.2, 0.25) is 0 Å². The molecule has 0 aliphatic carbocycles. The summed E-state index contributed by atoms with van der Waals surface area (Å²) >= 11 is 0. The van der Waals surface area contributed by atoms with Gasteiger partial charge in [-0.15, -0.1) is 10.1 Å². The summed E-state index contributed by atoms with van der Waals surface area (Å²) in [4.78, 5) is 97.7. The molecule has 0 spiro atoms. The number of hydrogen-bond acceptors (Lipinski definition) is 11. The van der Waals surface area contributed by atoms with Crippen molar-refractivity contribution in [3.05, 3.63) is 0 Å². The van der Waals surface area contributed by atoms with Crippen molar-refractivity contribution in [1.29, 1.82) is 0 Å². The van der Waals surface area contributed by atoms with Crippen LogP contribution in [0.5, 0.6) is 0 Å². The molecule has 0 saturated carbocycles. The quantitative estimate of drug-likeness (QED) is 0.308. The molecule has 4 N–H and O–H groups in total. The smallest absolute Gasteiger partial charge is 0.479 e. The van der Waals surface area contributed by atoms with Crippen LogP contribution in [-0.4, -0.2) is 83.8 Å². The summed E-state index contributed by atoms with van der Waals surface area (Å²) in [6.07, 6.45) is -5.23. The molecule has 4 amide bonds. The summed E-state index contributed by atoms with van der Waals surface area (Å²) in [7, 11) is 0. The Hall–Kier alpha value is -4.08. The van der Waals surface area contributed by atoms with Crippen molar-refractivity contribution >= 4 is 47.7 Å². The fourth-order valence-corrected chi connectivity index (χ4v) is 2.28. The van der Waals surface area contributed by atoms with Crippen molar-refractivity contribution in [3.8, 4) is 0 Å². The molecule has 0 radical (unpaired) electrons. The molecule has 16 nitrogen and oxygen atoms in total. The number of carbonyl (C=O) groups excluding carboxylic acids is 6. The number of carboxylic acids is 1. The van der Waals surface area contributed by atoms with Crippen molar-refractivity contribution in [2.45, 2.75) is 44.1 Å². The van der Waals surface area contributed by atoms with E-state index in [1.165, 1.54) is 0 Å². The molecule has 0 atom stereocenters. The number of carboxylic acid groups (broad SMARTS) is 3. The molecule has 170 valence electrons. The van der Waals surface area contributed by atoms with Crippen LogP contribution in [0, 0.1) is 0 Å². The van der Waals surface area contributed by atoms with E-state index < -0.39 is 66.1 Å². The summed E-state index contributed by atoms with van der Waals surface area (Å²) in [6, 6.07) is 0. The Morgan fingerprint density at radius 2 is 0.968 bits per heavy atom. The monoisotopic (exact) mass is 448 g/mol. The zero-order chi connectivity index (χ0) is 23.9. The Kier molecular flexibility index (Phi) is 8.13. The Morgan fingerprint density at radius 1 is 0.710 bits per heavy atom. The van der Waals surface area contributed by atoms with Crippen LogP contribution in [0.1, 0.15) is 38.5 Å². The first-order valence-corrected chi connectivity index (χ1v) is 8.27. The molecule has 2 aliphatic rings. The van der Waals surface area contributed by atoms with Crippen LogP contribution in [0.2, 0.25) is 0 Å². The number of hydrogen-bond donors (Lipinski definition) is 4. The maximum Gasteiger partial charge on any atom is 0.503 e. The van der Waals surface area contributed by atoms with Crippen LogP contribution in [0.3, 0.4) is 0 Å². The minimum Gasteiger partial charge on any atom is -0.479 e. The van der Waals surface area contributed by atoms with Crippen LogP contribution in [0.15, 0.2) is 0 Å². The SMILES string of the molecule is O=C(CC(O)(CC(=O)ON1C(=O)CCC1=O)C(=O)O)ON1C(=O)CCC1=O.O=C(O)O. The van der Waals surface area contributed by atoms with Gasteiger partial charge in [-0.05, 0) is 0 Å². The molecule has 0 aromatic carbocycles. The van der Waals surface area contributed by atoms with Crippen molar-refractivity contribution in [1.82, 2.24) is 10.1 Å². The summed E-state index contributed by atoms with van der Waals surface area (Å²) in [5.74, 6) is -8.23. The number of aliphatic hydroxyl groups is 1. The second-order valence-corrected chi connectivity index (χ2v) is 6.06. The second kappa shape index (κ2) is 10.1. The van der Waals surface area contributed by atoms with E-state index in [1.807, 2.05) is 0 Å². The van der Waals surface area contributed by atoms with Gasteiger partial charge in [-0.2, -0.15) is 0 Å². The van der Waals surface area contributed by atoms with E-state index in [-0.39, 0.29) is 35.8 Å². The van der Waals surface area contributed by atoms with Gasteiger partial charge in [0.25, 0.3) is 23.6 Å². The molecule has 31 heavy (non-hydrogen) atoms. The zero-order valence-electron chi connectivity index (χ0n) is 15.5. The highest BCUT2D eigenvalue weighted by atomic mass is 16.7. The van der Waals surface area contributed by atoms with Gasteiger partial charge in [-0.1, -0.05) is 0 Å². The van der Waals surface area contributed by atoms with Crippen molar-refractivity contribution in [2.75, 3.05) is 0 Å². The summed E-state index contributed by atoms with van der Waals surface area (Å²) in [5, 5.41) is 33.4. The highest BCUT2D eigenvalue weighted by molar-refractivity contribution is 6.02. The predicted molar refractivity (Wildman–Crippen MR) is 86.8 cm³/mol. The molecule has 0 unspecified atom stereocenters. The van der Waals surface area contributed by atoms with Gasteiger partial charge in [-0.25, -0.2) is 19.2 Å². The molecule has 16 heteroatoms. The maximum atomic E-state index is 11.8. The lowest BCUT2D eigenvalue weighted by molar-refractivity contribution is -0.207. The number of rotatable bonds is 7. The molecule has 0 bridgehead atoms. The van der Waals surface area contributed by atoms with Gasteiger partial charge in [0.1, 0.15) is 0 Å². The van der Waals surface area contributed by atoms with Gasteiger partial charge in [0.15, 0.2) is 5.60 Å². The van der Waals surface area contributed by atoms with Gasteiger partial charge in [0.05, 0.1) is 12.8 Å². The zero-order valence-corrected chi connectivity index (χ0v) is 15.5. The fourth-order valence-electron chi connectivity index (χ4n) is 2.28. The highest BCUT2D eigenvalue weighted by Gasteiger charge is 2.45. The normalized spacial score (nSPS) is 16.0. The van der Waals surface area contributed by atoms with Crippen molar-refractivity contribution < 1.29 is 68.5 Å². The number of imide groups is 2. The van der Waals surface area contributed by atoms with Crippen LogP contribution >= 0.6 is 0 Å². The topological polar surface area (TPSA) is 242 Å². The number of hydroxylamine groups is 4. The summed E-state index contributed by atoms with van der Waals surface area (Å²) in [6.45, 7) is 0. The van der Waals surface area contributed by atoms with E-state index in [4.69, 9.17) is 20.1 Å². The lowest BCUT2D eigenvalue weighted by Gasteiger charge is -2.23. The summed E-state index contributed by atoms with van der Waals surface area (Å²) < 4.78 is 0. The molecule has 2 fully saturated rings. The largest absolute Gasteiger partial charge is 0.503 e. The second-order valence-electron chi connectivity index (χ2n) is 6.06. The third-order valence-corrected chi connectivity index (χ3v) is 3.67. The van der Waals surface area contributed by atoms with E-state index in [1.54, 1.807) is 0 Å². The third-order valence-electron chi connectivity index (χ3n) is 3.67. The lowest BCUT2D eigenvalue weighted by Crippen LogP contribution is -2.46. The first-order chi connectivity index (χ1) is 14.3. The number of amides is 4. The minimum atomic E-state index is -3.02. The minimum absolute atomic E-state index is 0.143. The first-order valence-electron chi connectivity index (χ1n) is 8.27. The Labute approximate surface area is 171 Å². The molecule has 0 aromatic heterocycles. The van der Waals surface area contributed by atoms with E-state index in [2.05, 4.69) is 9.68 Å². The molecule has 2 heterocycles. The fraction of sp³-hybridized carbons (Fsp3) is 0.467. The van der Waals surface area contributed by atoms with E-state index >= 15 is 0 Å². The first kappa shape index (κ1) is 25.0. The van der Waals surface area contributed by atoms with Gasteiger partial charge < -0.3 is 30.1 Å². The number of aliphatic carboxylic acids is 1. The average Bonchev–Trinajstić information content (AvgIpc) is 3.11. The maximum absolute atomic E-state index is 11.8. The molecule has 2 rings (SSSR count). The molecule has 2 aliphatic heterocycles. The predicted octanol–water partition coefficient (Wildman–Crippen LogP) is -1.98. The van der Waals surface area contributed by atoms with Crippen molar-refractivity contribution in [2.24, 2.45) is 0 Å². The van der Waals surface area contributed by atoms with E-state index in [9.17, 15) is 38.7 Å². The van der Waals surface area contributed by atoms with E-state index in [0.29, 0.717) is 0 Å². The Balaban J connectivity index is 0.00000110. The van der Waals surface area contributed by atoms with Gasteiger partial charge in [-0.3, -0.25) is 19.2 Å². The third kappa shape index (κ3) is 7.03.